The third-order valence-corrected chi connectivity index (χ3v) is 6.70. The molecule has 4 nitrogen and oxygen atoms in total. The number of benzene rings is 1. The minimum Gasteiger partial charge on any atom is -0.399 e. The first-order valence-electron chi connectivity index (χ1n) is 7.41. The Morgan fingerprint density at radius 1 is 1.25 bits per heavy atom. The van der Waals surface area contributed by atoms with Crippen LogP contribution in [0.15, 0.2) is 23.1 Å². The van der Waals surface area contributed by atoms with E-state index in [1.54, 1.807) is 16.4 Å². The molecule has 2 aliphatic rings. The number of aryl methyl sites for hydroxylation is 1. The Hall–Kier alpha value is -1.07. The fraction of sp³-hybridized carbons (Fsp3) is 0.600. The highest BCUT2D eigenvalue weighted by molar-refractivity contribution is 7.89. The maximum atomic E-state index is 12.9. The molecule has 5 heteroatoms. The highest BCUT2D eigenvalue weighted by atomic mass is 32.2. The zero-order valence-corrected chi connectivity index (χ0v) is 12.7. The van der Waals surface area contributed by atoms with Crippen LogP contribution in [0.25, 0.3) is 0 Å². The number of sulfonamides is 1. The monoisotopic (exact) mass is 294 g/mol. The molecule has 2 N–H and O–H groups in total. The van der Waals surface area contributed by atoms with Crippen molar-refractivity contribution in [2.45, 2.75) is 37.5 Å². The molecular weight excluding hydrogens is 272 g/mol. The third kappa shape index (κ3) is 2.23. The van der Waals surface area contributed by atoms with Crippen LogP contribution >= 0.6 is 0 Å². The van der Waals surface area contributed by atoms with E-state index >= 15 is 0 Å². The molecule has 1 aliphatic heterocycles. The normalized spacial score (nSPS) is 26.9. The number of anilines is 1. The highest BCUT2D eigenvalue weighted by Crippen LogP contribution is 2.40. The van der Waals surface area contributed by atoms with Crippen molar-refractivity contribution in [1.82, 2.24) is 4.31 Å². The maximum absolute atomic E-state index is 12.9. The second kappa shape index (κ2) is 5.04. The van der Waals surface area contributed by atoms with Gasteiger partial charge in [0, 0.05) is 18.8 Å². The Morgan fingerprint density at radius 3 is 2.50 bits per heavy atom. The zero-order chi connectivity index (χ0) is 14.3. The Balaban J connectivity index is 1.94. The van der Waals surface area contributed by atoms with Gasteiger partial charge in [0.1, 0.15) is 0 Å². The van der Waals surface area contributed by atoms with Crippen molar-refractivity contribution < 1.29 is 8.42 Å². The topological polar surface area (TPSA) is 63.4 Å². The van der Waals surface area contributed by atoms with Crippen molar-refractivity contribution in [1.29, 1.82) is 0 Å². The Kier molecular flexibility index (Phi) is 3.50. The number of nitrogens with zero attached hydrogens (tertiary/aromatic N) is 1. The molecule has 0 spiro atoms. The van der Waals surface area contributed by atoms with Gasteiger partial charge in [-0.05, 0) is 48.8 Å². The van der Waals surface area contributed by atoms with Crippen molar-refractivity contribution in [2.24, 2.45) is 11.8 Å². The molecule has 1 aromatic carbocycles. The van der Waals surface area contributed by atoms with E-state index in [1.165, 1.54) is 19.3 Å². The predicted molar refractivity (Wildman–Crippen MR) is 79.8 cm³/mol. The maximum Gasteiger partial charge on any atom is 0.243 e. The van der Waals surface area contributed by atoms with Crippen LogP contribution in [0.1, 0.15) is 31.7 Å². The zero-order valence-electron chi connectivity index (χ0n) is 11.9. The van der Waals surface area contributed by atoms with Gasteiger partial charge in [0.2, 0.25) is 10.0 Å². The van der Waals surface area contributed by atoms with Gasteiger partial charge in [-0.3, -0.25) is 0 Å². The molecule has 1 heterocycles. The van der Waals surface area contributed by atoms with Gasteiger partial charge < -0.3 is 5.73 Å². The summed E-state index contributed by atoms with van der Waals surface area (Å²) in [6.07, 6.45) is 4.31. The van der Waals surface area contributed by atoms with E-state index in [1.807, 2.05) is 13.0 Å². The summed E-state index contributed by atoms with van der Waals surface area (Å²) in [6.45, 7) is 3.35. The standard InChI is InChI=1S/C15H22N2O2S/c1-2-11-6-7-14(16)8-15(11)20(18,19)17-9-12-4-3-5-13(12)10-17/h6-8,12-13H,2-5,9-10,16H2,1H3. The molecule has 0 radical (unpaired) electrons. The molecule has 2 atom stereocenters. The second-order valence-electron chi connectivity index (χ2n) is 5.99. The largest absolute Gasteiger partial charge is 0.399 e. The van der Waals surface area contributed by atoms with E-state index in [0.717, 1.165) is 5.56 Å². The first kappa shape index (κ1) is 13.9. The lowest BCUT2D eigenvalue weighted by molar-refractivity contribution is 0.445. The fourth-order valence-electron chi connectivity index (χ4n) is 3.63. The molecule has 1 aliphatic carbocycles. The minimum absolute atomic E-state index is 0.403. The van der Waals surface area contributed by atoms with Gasteiger partial charge in [-0.15, -0.1) is 0 Å². The number of rotatable bonds is 3. The summed E-state index contributed by atoms with van der Waals surface area (Å²) in [5.74, 6) is 1.13. The SMILES string of the molecule is CCc1ccc(N)cc1S(=O)(=O)N1CC2CCCC2C1. The lowest BCUT2D eigenvalue weighted by atomic mass is 10.0. The summed E-state index contributed by atoms with van der Waals surface area (Å²) in [5.41, 5.74) is 7.16. The summed E-state index contributed by atoms with van der Waals surface area (Å²) < 4.78 is 27.4. The fourth-order valence-corrected chi connectivity index (χ4v) is 5.51. The third-order valence-electron chi connectivity index (χ3n) is 4.78. The smallest absolute Gasteiger partial charge is 0.243 e. The molecule has 2 fully saturated rings. The molecule has 0 bridgehead atoms. The van der Waals surface area contributed by atoms with Gasteiger partial charge in [-0.2, -0.15) is 4.31 Å². The average Bonchev–Trinajstić information content (AvgIpc) is 2.99. The molecule has 3 rings (SSSR count). The van der Waals surface area contributed by atoms with Crippen molar-refractivity contribution in [3.05, 3.63) is 23.8 Å². The molecule has 20 heavy (non-hydrogen) atoms. The molecule has 1 aromatic rings. The summed E-state index contributed by atoms with van der Waals surface area (Å²) >= 11 is 0. The van der Waals surface area contributed by atoms with Gasteiger partial charge in [0.15, 0.2) is 0 Å². The Bertz CT molecular complexity index is 600. The van der Waals surface area contributed by atoms with Crippen molar-refractivity contribution in [3.63, 3.8) is 0 Å². The first-order valence-corrected chi connectivity index (χ1v) is 8.85. The minimum atomic E-state index is -3.39. The molecular formula is C15H22N2O2S. The molecule has 1 saturated heterocycles. The average molecular weight is 294 g/mol. The van der Waals surface area contributed by atoms with E-state index in [-0.39, 0.29) is 0 Å². The number of nitrogens with two attached hydrogens (primary N) is 1. The van der Waals surface area contributed by atoms with Crippen molar-refractivity contribution >= 4 is 15.7 Å². The van der Waals surface area contributed by atoms with Crippen molar-refractivity contribution in [2.75, 3.05) is 18.8 Å². The molecule has 0 aromatic heterocycles. The van der Waals surface area contributed by atoms with Gasteiger partial charge in [-0.1, -0.05) is 19.4 Å². The number of nitrogen functional groups attached to an aromatic ring is 1. The summed E-state index contributed by atoms with van der Waals surface area (Å²) in [6, 6.07) is 5.22. The second-order valence-corrected chi connectivity index (χ2v) is 7.90. The van der Waals surface area contributed by atoms with Crippen molar-refractivity contribution in [3.8, 4) is 0 Å². The van der Waals surface area contributed by atoms with Crippen LogP contribution in [-0.4, -0.2) is 25.8 Å². The first-order chi connectivity index (χ1) is 9.52. The molecule has 1 saturated carbocycles. The van der Waals surface area contributed by atoms with Crippen LogP contribution < -0.4 is 5.73 Å². The van der Waals surface area contributed by atoms with Crippen LogP contribution in [0.4, 0.5) is 5.69 Å². The van der Waals surface area contributed by atoms with Crippen LogP contribution in [0.2, 0.25) is 0 Å². The molecule has 110 valence electrons. The number of hydrogen-bond acceptors (Lipinski definition) is 3. The quantitative estimate of drug-likeness (QED) is 0.870. The summed E-state index contributed by atoms with van der Waals surface area (Å²) in [7, 11) is -3.39. The predicted octanol–water partition coefficient (Wildman–Crippen LogP) is 2.25. The van der Waals surface area contributed by atoms with Crippen LogP contribution in [0.3, 0.4) is 0 Å². The van der Waals surface area contributed by atoms with E-state index in [9.17, 15) is 8.42 Å². The molecule has 0 amide bonds. The van der Waals surface area contributed by atoms with Crippen LogP contribution in [0.5, 0.6) is 0 Å². The highest BCUT2D eigenvalue weighted by Gasteiger charge is 2.41. The van der Waals surface area contributed by atoms with Gasteiger partial charge in [0.05, 0.1) is 4.90 Å². The summed E-state index contributed by atoms with van der Waals surface area (Å²) in [4.78, 5) is 0.403. The van der Waals surface area contributed by atoms with E-state index in [2.05, 4.69) is 0 Å². The van der Waals surface area contributed by atoms with E-state index in [0.29, 0.717) is 41.9 Å². The lowest BCUT2D eigenvalue weighted by Crippen LogP contribution is -2.30. The van der Waals surface area contributed by atoms with Gasteiger partial charge in [-0.25, -0.2) is 8.42 Å². The van der Waals surface area contributed by atoms with Crippen LogP contribution in [0, 0.1) is 11.8 Å². The number of hydrogen-bond donors (Lipinski definition) is 1. The van der Waals surface area contributed by atoms with Gasteiger partial charge >= 0.3 is 0 Å². The Morgan fingerprint density at radius 2 is 1.90 bits per heavy atom. The van der Waals surface area contributed by atoms with Crippen LogP contribution in [-0.2, 0) is 16.4 Å². The Labute approximate surface area is 121 Å². The number of fused-ring (bicyclic) bond motifs is 1. The molecule has 2 unspecified atom stereocenters. The summed E-state index contributed by atoms with van der Waals surface area (Å²) in [5, 5.41) is 0. The lowest BCUT2D eigenvalue weighted by Gasteiger charge is -2.19. The van der Waals surface area contributed by atoms with E-state index < -0.39 is 10.0 Å². The van der Waals surface area contributed by atoms with Gasteiger partial charge in [0.25, 0.3) is 0 Å². The van der Waals surface area contributed by atoms with E-state index in [4.69, 9.17) is 5.73 Å².